The minimum atomic E-state index is -0.582. The Morgan fingerprint density at radius 2 is 1.84 bits per heavy atom. The van der Waals surface area contributed by atoms with Crippen LogP contribution in [0.3, 0.4) is 0 Å². The number of aliphatic hydroxyl groups is 1. The van der Waals surface area contributed by atoms with E-state index in [4.69, 9.17) is 28.5 Å². The lowest BCUT2D eigenvalue weighted by Gasteiger charge is -2.38. The van der Waals surface area contributed by atoms with Crippen molar-refractivity contribution in [2.75, 3.05) is 46.7 Å². The molecular weight excluding hydrogens is 474 g/mol. The molecule has 0 radical (unpaired) electrons. The SMILES string of the molecule is CCOC1OC(C(=O)N(C)C2CCCCC2)=CC(c2coc3ccccc23)C1CCOCCOCCO. The zero-order valence-electron chi connectivity index (χ0n) is 22.1. The number of para-hydroxylation sites is 1. The first kappa shape index (κ1) is 27.6. The number of nitrogens with zero attached hydrogens (tertiary/aromatic N) is 1. The molecule has 1 N–H and O–H groups in total. The van der Waals surface area contributed by atoms with Gasteiger partial charge in [0.2, 0.25) is 6.29 Å². The second-order valence-electron chi connectivity index (χ2n) is 9.79. The maximum Gasteiger partial charge on any atom is 0.288 e. The van der Waals surface area contributed by atoms with Gasteiger partial charge in [0.25, 0.3) is 5.91 Å². The van der Waals surface area contributed by atoms with Gasteiger partial charge in [0.05, 0.1) is 32.7 Å². The highest BCUT2D eigenvalue weighted by Gasteiger charge is 2.40. The summed E-state index contributed by atoms with van der Waals surface area (Å²) in [7, 11) is 1.89. The van der Waals surface area contributed by atoms with Gasteiger partial charge in [-0.15, -0.1) is 0 Å². The fourth-order valence-electron chi connectivity index (χ4n) is 5.46. The molecule has 1 amide bonds. The van der Waals surface area contributed by atoms with E-state index in [1.807, 2.05) is 43.1 Å². The Labute approximate surface area is 219 Å². The average molecular weight is 516 g/mol. The van der Waals surface area contributed by atoms with Crippen molar-refractivity contribution in [2.24, 2.45) is 5.92 Å². The topological polar surface area (TPSA) is 90.6 Å². The van der Waals surface area contributed by atoms with Crippen molar-refractivity contribution in [3.05, 3.63) is 47.9 Å². The number of allylic oxidation sites excluding steroid dienone is 1. The summed E-state index contributed by atoms with van der Waals surface area (Å²) < 4.78 is 29.3. The fraction of sp³-hybridized carbons (Fsp3) is 0.621. The van der Waals surface area contributed by atoms with E-state index in [2.05, 4.69) is 6.07 Å². The Morgan fingerprint density at radius 3 is 2.59 bits per heavy atom. The smallest absolute Gasteiger partial charge is 0.288 e. The van der Waals surface area contributed by atoms with Crippen LogP contribution in [-0.4, -0.2) is 74.9 Å². The van der Waals surface area contributed by atoms with Crippen LogP contribution in [0.4, 0.5) is 0 Å². The molecule has 1 aliphatic heterocycles. The van der Waals surface area contributed by atoms with E-state index in [1.54, 1.807) is 6.26 Å². The van der Waals surface area contributed by atoms with E-state index >= 15 is 0 Å². The largest absolute Gasteiger partial charge is 0.464 e. The van der Waals surface area contributed by atoms with Gasteiger partial charge in [-0.2, -0.15) is 0 Å². The van der Waals surface area contributed by atoms with Gasteiger partial charge in [-0.1, -0.05) is 37.5 Å². The molecule has 8 nitrogen and oxygen atoms in total. The van der Waals surface area contributed by atoms with Crippen LogP contribution >= 0.6 is 0 Å². The van der Waals surface area contributed by atoms with Crippen LogP contribution in [0.5, 0.6) is 0 Å². The van der Waals surface area contributed by atoms with Crippen molar-refractivity contribution >= 4 is 16.9 Å². The van der Waals surface area contributed by atoms with Crippen LogP contribution in [0.1, 0.15) is 56.9 Å². The molecule has 0 spiro atoms. The van der Waals surface area contributed by atoms with E-state index in [0.29, 0.717) is 45.2 Å². The zero-order valence-corrected chi connectivity index (χ0v) is 22.1. The van der Waals surface area contributed by atoms with Crippen molar-refractivity contribution in [2.45, 2.75) is 63.7 Å². The van der Waals surface area contributed by atoms with E-state index < -0.39 is 6.29 Å². The molecule has 1 aromatic carbocycles. The van der Waals surface area contributed by atoms with E-state index in [0.717, 1.165) is 42.2 Å². The summed E-state index contributed by atoms with van der Waals surface area (Å²) in [6.45, 7) is 4.07. The van der Waals surface area contributed by atoms with Gasteiger partial charge < -0.3 is 33.4 Å². The molecule has 37 heavy (non-hydrogen) atoms. The Kier molecular flexibility index (Phi) is 10.4. The summed E-state index contributed by atoms with van der Waals surface area (Å²) in [6.07, 6.45) is 9.45. The maximum atomic E-state index is 13.6. The molecular formula is C29H41NO7. The highest BCUT2D eigenvalue weighted by molar-refractivity contribution is 5.92. The minimum absolute atomic E-state index is 0.000883. The van der Waals surface area contributed by atoms with Gasteiger partial charge in [-0.3, -0.25) is 4.79 Å². The number of hydrogen-bond donors (Lipinski definition) is 1. The van der Waals surface area contributed by atoms with E-state index in [9.17, 15) is 4.79 Å². The number of furan rings is 1. The van der Waals surface area contributed by atoms with Gasteiger partial charge in [0, 0.05) is 49.1 Å². The molecule has 204 valence electrons. The number of ether oxygens (including phenoxy) is 4. The Hall–Kier alpha value is -2.39. The number of likely N-dealkylation sites (N-methyl/N-ethyl adjacent to an activating group) is 1. The van der Waals surface area contributed by atoms with Crippen molar-refractivity contribution in [3.63, 3.8) is 0 Å². The molecule has 2 aliphatic rings. The molecule has 0 saturated heterocycles. The number of amides is 1. The number of rotatable bonds is 13. The summed E-state index contributed by atoms with van der Waals surface area (Å²) in [5.41, 5.74) is 1.83. The first-order valence-electron chi connectivity index (χ1n) is 13.6. The molecule has 1 aromatic heterocycles. The lowest BCUT2D eigenvalue weighted by molar-refractivity contribution is -0.172. The molecule has 8 heteroatoms. The van der Waals surface area contributed by atoms with Crippen LogP contribution in [0.25, 0.3) is 11.0 Å². The third-order valence-electron chi connectivity index (χ3n) is 7.44. The van der Waals surface area contributed by atoms with E-state index in [1.165, 1.54) is 6.42 Å². The molecule has 1 fully saturated rings. The Balaban J connectivity index is 1.58. The molecule has 1 aliphatic carbocycles. The number of carbonyl (C=O) groups is 1. The van der Waals surface area contributed by atoms with Crippen molar-refractivity contribution in [1.29, 1.82) is 0 Å². The minimum Gasteiger partial charge on any atom is -0.464 e. The number of carbonyl (C=O) groups excluding carboxylic acids is 1. The number of hydrogen-bond acceptors (Lipinski definition) is 7. The lowest BCUT2D eigenvalue weighted by Crippen LogP contribution is -2.43. The van der Waals surface area contributed by atoms with Gasteiger partial charge in [-0.05, 0) is 38.3 Å². The van der Waals surface area contributed by atoms with Crippen LogP contribution in [-0.2, 0) is 23.7 Å². The van der Waals surface area contributed by atoms with Gasteiger partial charge >= 0.3 is 0 Å². The summed E-state index contributed by atoms with van der Waals surface area (Å²) in [5.74, 6) is 0.0410. The molecule has 1 saturated carbocycles. The molecule has 3 atom stereocenters. The highest BCUT2D eigenvalue weighted by Crippen LogP contribution is 2.42. The number of benzene rings is 1. The first-order valence-corrected chi connectivity index (χ1v) is 13.6. The third kappa shape index (κ3) is 6.93. The maximum absolute atomic E-state index is 13.6. The van der Waals surface area contributed by atoms with Crippen molar-refractivity contribution < 1.29 is 33.3 Å². The second-order valence-corrected chi connectivity index (χ2v) is 9.79. The molecule has 2 aromatic rings. The number of fused-ring (bicyclic) bond motifs is 1. The van der Waals surface area contributed by atoms with Crippen LogP contribution in [0, 0.1) is 5.92 Å². The summed E-state index contributed by atoms with van der Waals surface area (Å²) in [5, 5.41) is 9.87. The standard InChI is InChI=1S/C29H41NO7/c1-3-35-29-23(13-15-33-17-18-34-16-14-31)24(25-20-36-26-12-8-7-11-22(25)26)19-27(37-29)28(32)30(2)21-9-5-4-6-10-21/h7-8,11-12,19-21,23-24,29,31H,3-6,9-10,13-18H2,1-2H3. The quantitative estimate of drug-likeness (QED) is 0.390. The summed E-state index contributed by atoms with van der Waals surface area (Å²) >= 11 is 0. The van der Waals surface area contributed by atoms with Gasteiger partial charge in [-0.25, -0.2) is 0 Å². The van der Waals surface area contributed by atoms with Gasteiger partial charge in [0.15, 0.2) is 5.76 Å². The predicted molar refractivity (Wildman–Crippen MR) is 140 cm³/mol. The van der Waals surface area contributed by atoms with Crippen LogP contribution in [0.15, 0.2) is 46.8 Å². The number of aliphatic hydroxyl groups excluding tert-OH is 1. The van der Waals surface area contributed by atoms with Crippen LogP contribution < -0.4 is 0 Å². The monoisotopic (exact) mass is 515 g/mol. The highest BCUT2D eigenvalue weighted by atomic mass is 16.7. The second kappa shape index (κ2) is 14.0. The van der Waals surface area contributed by atoms with Crippen molar-refractivity contribution in [3.8, 4) is 0 Å². The zero-order chi connectivity index (χ0) is 26.0. The first-order chi connectivity index (χ1) is 18.1. The van der Waals surface area contributed by atoms with E-state index in [-0.39, 0.29) is 30.4 Å². The molecule has 2 heterocycles. The Morgan fingerprint density at radius 1 is 1.08 bits per heavy atom. The normalized spacial score (nSPS) is 22.6. The van der Waals surface area contributed by atoms with Crippen molar-refractivity contribution in [1.82, 2.24) is 4.90 Å². The predicted octanol–water partition coefficient (Wildman–Crippen LogP) is 4.62. The fourth-order valence-corrected chi connectivity index (χ4v) is 5.46. The summed E-state index contributed by atoms with van der Waals surface area (Å²) in [6, 6.07) is 8.20. The molecule has 0 bridgehead atoms. The van der Waals surface area contributed by atoms with Crippen LogP contribution in [0.2, 0.25) is 0 Å². The average Bonchev–Trinajstić information content (AvgIpc) is 3.37. The Bertz CT molecular complexity index is 1010. The molecule has 4 rings (SSSR count). The van der Waals surface area contributed by atoms with Gasteiger partial charge in [0.1, 0.15) is 5.58 Å². The lowest BCUT2D eigenvalue weighted by atomic mass is 9.81. The molecule has 3 unspecified atom stereocenters. The summed E-state index contributed by atoms with van der Waals surface area (Å²) in [4.78, 5) is 15.5. The third-order valence-corrected chi connectivity index (χ3v) is 7.44.